The van der Waals surface area contributed by atoms with Gasteiger partial charge in [0, 0.05) is 11.8 Å². The zero-order valence-electron chi connectivity index (χ0n) is 10.5. The Bertz CT molecular complexity index is 477. The van der Waals surface area contributed by atoms with Gasteiger partial charge in [-0.25, -0.2) is 10.8 Å². The van der Waals surface area contributed by atoms with Gasteiger partial charge in [-0.2, -0.15) is 16.7 Å². The first kappa shape index (κ1) is 13.8. The summed E-state index contributed by atoms with van der Waals surface area (Å²) in [6.45, 7) is 2.22. The number of nitrogen functional groups attached to an aromatic ring is 1. The normalized spacial score (nSPS) is 18.3. The molecule has 0 spiro atoms. The summed E-state index contributed by atoms with van der Waals surface area (Å²) in [6.07, 6.45) is 2.31. The highest BCUT2D eigenvalue weighted by atomic mass is 32.2. The number of anilines is 2. The molecule has 1 atom stereocenters. The van der Waals surface area contributed by atoms with Gasteiger partial charge in [-0.15, -0.1) is 0 Å². The van der Waals surface area contributed by atoms with Gasteiger partial charge in [-0.3, -0.25) is 15.5 Å². The molecule has 0 bridgehead atoms. The molecule has 0 aromatic carbocycles. The van der Waals surface area contributed by atoms with E-state index in [4.69, 9.17) is 5.84 Å². The van der Waals surface area contributed by atoms with E-state index in [1.165, 1.54) is 6.42 Å². The summed E-state index contributed by atoms with van der Waals surface area (Å²) in [5.41, 5.74) is 2.50. The van der Waals surface area contributed by atoms with E-state index >= 15 is 0 Å². The van der Waals surface area contributed by atoms with Crippen LogP contribution in [0.2, 0.25) is 0 Å². The number of rotatable bonds is 5. The fraction of sp³-hybridized carbons (Fsp3) is 0.600. The summed E-state index contributed by atoms with van der Waals surface area (Å²) in [7, 11) is 0. The minimum atomic E-state index is -0.472. The Morgan fingerprint density at radius 2 is 2.37 bits per heavy atom. The van der Waals surface area contributed by atoms with Crippen LogP contribution in [0.25, 0.3) is 0 Å². The number of nitro groups is 1. The number of nitrogens with zero attached hydrogens (tertiary/aromatic N) is 3. The minimum Gasteiger partial charge on any atom is -0.363 e. The molecule has 0 aliphatic carbocycles. The van der Waals surface area contributed by atoms with Crippen LogP contribution in [0.4, 0.5) is 17.5 Å². The van der Waals surface area contributed by atoms with Crippen LogP contribution in [0.1, 0.15) is 18.5 Å². The molecule has 1 aromatic rings. The second-order valence-electron chi connectivity index (χ2n) is 4.25. The number of hydrazine groups is 1. The molecule has 1 aliphatic heterocycles. The van der Waals surface area contributed by atoms with Crippen molar-refractivity contribution in [2.45, 2.75) is 25.0 Å². The molecule has 2 heterocycles. The second kappa shape index (κ2) is 6.02. The molecule has 1 fully saturated rings. The topological polar surface area (TPSA) is 119 Å². The number of aryl methyl sites for hydroxylation is 1. The van der Waals surface area contributed by atoms with Gasteiger partial charge in [0.1, 0.15) is 5.69 Å². The highest BCUT2D eigenvalue weighted by molar-refractivity contribution is 8.00. The molecular formula is C10H16N6O2S. The number of nitrogens with one attached hydrogen (secondary N) is 2. The maximum atomic E-state index is 11.1. The first-order valence-electron chi connectivity index (χ1n) is 5.97. The van der Waals surface area contributed by atoms with Gasteiger partial charge in [0.25, 0.3) is 0 Å². The van der Waals surface area contributed by atoms with E-state index in [1.807, 2.05) is 11.8 Å². The first-order chi connectivity index (χ1) is 9.11. The Morgan fingerprint density at radius 1 is 1.58 bits per heavy atom. The van der Waals surface area contributed by atoms with Crippen molar-refractivity contribution in [3.05, 3.63) is 15.8 Å². The highest BCUT2D eigenvalue weighted by Crippen LogP contribution is 2.29. The molecule has 1 aromatic heterocycles. The third kappa shape index (κ3) is 3.24. The predicted molar refractivity (Wildman–Crippen MR) is 75.2 cm³/mol. The van der Waals surface area contributed by atoms with Gasteiger partial charge < -0.3 is 5.32 Å². The maximum absolute atomic E-state index is 11.1. The summed E-state index contributed by atoms with van der Waals surface area (Å²) < 4.78 is 0. The zero-order chi connectivity index (χ0) is 13.8. The Balaban J connectivity index is 2.20. The molecular weight excluding hydrogens is 268 g/mol. The van der Waals surface area contributed by atoms with E-state index in [2.05, 4.69) is 20.7 Å². The highest BCUT2D eigenvalue weighted by Gasteiger charge is 2.23. The van der Waals surface area contributed by atoms with Crippen LogP contribution in [0, 0.1) is 17.0 Å². The molecule has 4 N–H and O–H groups in total. The molecule has 9 heteroatoms. The number of hydrogen-bond acceptors (Lipinski definition) is 8. The molecule has 1 unspecified atom stereocenters. The lowest BCUT2D eigenvalue weighted by molar-refractivity contribution is -0.385. The summed E-state index contributed by atoms with van der Waals surface area (Å²) in [5.74, 6) is 6.79. The SMILES string of the molecule is Cc1nc(NN)nc(NCC2CCCS2)c1[N+](=O)[O-]. The summed E-state index contributed by atoms with van der Waals surface area (Å²) in [4.78, 5) is 18.5. The molecule has 19 heavy (non-hydrogen) atoms. The Hall–Kier alpha value is -1.61. The van der Waals surface area contributed by atoms with Crippen molar-refractivity contribution in [2.24, 2.45) is 5.84 Å². The van der Waals surface area contributed by atoms with Gasteiger partial charge in [-0.1, -0.05) is 0 Å². The number of aromatic nitrogens is 2. The Kier molecular flexibility index (Phi) is 4.38. The van der Waals surface area contributed by atoms with Crippen molar-refractivity contribution in [1.82, 2.24) is 9.97 Å². The average molecular weight is 284 g/mol. The largest absolute Gasteiger partial charge is 0.363 e. The predicted octanol–water partition coefficient (Wildman–Crippen LogP) is 1.29. The summed E-state index contributed by atoms with van der Waals surface area (Å²) in [5, 5.41) is 14.6. The lowest BCUT2D eigenvalue weighted by Gasteiger charge is -2.12. The second-order valence-corrected chi connectivity index (χ2v) is 5.66. The van der Waals surface area contributed by atoms with Gasteiger partial charge in [0.15, 0.2) is 0 Å². The monoisotopic (exact) mass is 284 g/mol. The molecule has 1 aliphatic rings. The Morgan fingerprint density at radius 3 is 2.95 bits per heavy atom. The maximum Gasteiger partial charge on any atom is 0.332 e. The van der Waals surface area contributed by atoms with E-state index in [9.17, 15) is 10.1 Å². The molecule has 1 saturated heterocycles. The van der Waals surface area contributed by atoms with Crippen molar-refractivity contribution in [3.8, 4) is 0 Å². The smallest absolute Gasteiger partial charge is 0.332 e. The Labute approximate surface area is 114 Å². The minimum absolute atomic E-state index is 0.0954. The number of thioether (sulfide) groups is 1. The first-order valence-corrected chi connectivity index (χ1v) is 7.02. The van der Waals surface area contributed by atoms with E-state index in [-0.39, 0.29) is 23.1 Å². The van der Waals surface area contributed by atoms with Gasteiger partial charge in [0.05, 0.1) is 4.92 Å². The molecule has 8 nitrogen and oxygen atoms in total. The van der Waals surface area contributed by atoms with Gasteiger partial charge >= 0.3 is 5.69 Å². The van der Waals surface area contributed by atoms with Crippen LogP contribution in [0.3, 0.4) is 0 Å². The van der Waals surface area contributed by atoms with E-state index in [0.717, 1.165) is 12.2 Å². The number of hydrogen-bond donors (Lipinski definition) is 3. The quantitative estimate of drug-likeness (QED) is 0.420. The van der Waals surface area contributed by atoms with Gasteiger partial charge in [0.2, 0.25) is 11.8 Å². The van der Waals surface area contributed by atoms with E-state index in [0.29, 0.717) is 11.8 Å². The fourth-order valence-electron chi connectivity index (χ4n) is 1.99. The van der Waals surface area contributed by atoms with Crippen LogP contribution >= 0.6 is 11.8 Å². The molecule has 104 valence electrons. The van der Waals surface area contributed by atoms with Crippen molar-refractivity contribution >= 4 is 29.2 Å². The zero-order valence-corrected chi connectivity index (χ0v) is 11.4. The lowest BCUT2D eigenvalue weighted by atomic mass is 10.2. The van der Waals surface area contributed by atoms with E-state index in [1.54, 1.807) is 6.92 Å². The summed E-state index contributed by atoms with van der Waals surface area (Å²) >= 11 is 1.87. The molecule has 0 amide bonds. The average Bonchev–Trinajstić information content (AvgIpc) is 2.88. The fourth-order valence-corrected chi connectivity index (χ4v) is 3.19. The van der Waals surface area contributed by atoms with Crippen molar-refractivity contribution < 1.29 is 4.92 Å². The van der Waals surface area contributed by atoms with Crippen LogP contribution < -0.4 is 16.6 Å². The van der Waals surface area contributed by atoms with Crippen LogP contribution in [0.15, 0.2) is 0 Å². The third-order valence-electron chi connectivity index (χ3n) is 2.89. The molecule has 0 radical (unpaired) electrons. The molecule has 2 rings (SSSR count). The van der Waals surface area contributed by atoms with E-state index < -0.39 is 4.92 Å². The number of nitrogens with two attached hydrogens (primary N) is 1. The standard InChI is InChI=1S/C10H16N6O2S/c1-6-8(16(17)18)9(14-10(13-6)15-11)12-5-7-3-2-4-19-7/h7H,2-5,11H2,1H3,(H2,12,13,14,15). The van der Waals surface area contributed by atoms with Crippen molar-refractivity contribution in [3.63, 3.8) is 0 Å². The van der Waals surface area contributed by atoms with Crippen LogP contribution in [-0.2, 0) is 0 Å². The molecule has 0 saturated carbocycles. The lowest BCUT2D eigenvalue weighted by Crippen LogP contribution is -2.18. The summed E-state index contributed by atoms with van der Waals surface area (Å²) in [6, 6.07) is 0. The van der Waals surface area contributed by atoms with Crippen LogP contribution in [0.5, 0.6) is 0 Å². The third-order valence-corrected chi connectivity index (χ3v) is 4.29. The van der Waals surface area contributed by atoms with Gasteiger partial charge in [-0.05, 0) is 25.5 Å². The van der Waals surface area contributed by atoms with Crippen molar-refractivity contribution in [2.75, 3.05) is 23.0 Å². The van der Waals surface area contributed by atoms with Crippen LogP contribution in [-0.4, -0.2) is 32.4 Å². The van der Waals surface area contributed by atoms with Crippen molar-refractivity contribution in [1.29, 1.82) is 0 Å².